The van der Waals surface area contributed by atoms with Crippen LogP contribution in [0.3, 0.4) is 0 Å². The molecule has 0 aliphatic heterocycles. The highest BCUT2D eigenvalue weighted by molar-refractivity contribution is 5.96. The molecule has 3 rings (SSSR count). The van der Waals surface area contributed by atoms with Crippen LogP contribution >= 0.6 is 0 Å². The monoisotopic (exact) mass is 338 g/mol. The number of benzene rings is 2. The maximum Gasteiger partial charge on any atom is 0.296 e. The molecule has 0 unspecified atom stereocenters. The fraction of sp³-hybridized carbons (Fsp3) is 0.158. The summed E-state index contributed by atoms with van der Waals surface area (Å²) in [4.78, 5) is 16.7. The molecule has 2 aromatic carbocycles. The minimum Gasteiger partial charge on any atom is -0.496 e. The quantitative estimate of drug-likeness (QED) is 0.552. The van der Waals surface area contributed by atoms with Gasteiger partial charge in [-0.25, -0.2) is 10.0 Å². The second-order valence-electron chi connectivity index (χ2n) is 5.32. The lowest BCUT2D eigenvalue weighted by molar-refractivity contribution is -0.0640. The van der Waals surface area contributed by atoms with Crippen molar-refractivity contribution in [3.05, 3.63) is 66.4 Å². The third kappa shape index (κ3) is 3.87. The second kappa shape index (κ2) is 7.63. The number of carbonyl (C=O) groups excluding carboxylic acids is 1. The van der Waals surface area contributed by atoms with Gasteiger partial charge in [-0.3, -0.25) is 10.0 Å². The van der Waals surface area contributed by atoms with Crippen LogP contribution in [-0.2, 0) is 0 Å². The van der Waals surface area contributed by atoms with E-state index in [1.165, 1.54) is 13.2 Å². The van der Waals surface area contributed by atoms with Gasteiger partial charge < -0.3 is 9.47 Å². The Morgan fingerprint density at radius 3 is 2.60 bits per heavy atom. The molecule has 0 saturated carbocycles. The lowest BCUT2D eigenvalue weighted by atomic mass is 10.1. The first-order valence-electron chi connectivity index (χ1n) is 7.81. The van der Waals surface area contributed by atoms with Gasteiger partial charge in [-0.1, -0.05) is 30.3 Å². The van der Waals surface area contributed by atoms with Crippen molar-refractivity contribution >= 4 is 16.8 Å². The van der Waals surface area contributed by atoms with E-state index in [9.17, 15) is 10.0 Å². The summed E-state index contributed by atoms with van der Waals surface area (Å²) in [6.45, 7) is 0.182. The molecular formula is C19H18N2O4. The zero-order valence-corrected chi connectivity index (χ0v) is 13.8. The van der Waals surface area contributed by atoms with Crippen LogP contribution in [0.25, 0.3) is 10.9 Å². The summed E-state index contributed by atoms with van der Waals surface area (Å²) in [5.41, 5.74) is 0.733. The normalized spacial score (nSPS) is 10.5. The zero-order chi connectivity index (χ0) is 17.6. The van der Waals surface area contributed by atoms with Gasteiger partial charge in [-0.05, 0) is 24.3 Å². The maximum absolute atomic E-state index is 12.4. The van der Waals surface area contributed by atoms with Gasteiger partial charge in [0.05, 0.1) is 19.2 Å². The molecule has 0 aliphatic carbocycles. The molecule has 0 aliphatic rings. The first-order chi connectivity index (χ1) is 12.2. The fourth-order valence-electron chi connectivity index (χ4n) is 2.42. The van der Waals surface area contributed by atoms with E-state index >= 15 is 0 Å². The Labute approximate surface area is 145 Å². The molecular weight excluding hydrogens is 320 g/mol. The van der Waals surface area contributed by atoms with E-state index < -0.39 is 5.91 Å². The van der Waals surface area contributed by atoms with Crippen LogP contribution in [0.2, 0.25) is 0 Å². The Hall–Kier alpha value is -3.12. The summed E-state index contributed by atoms with van der Waals surface area (Å²) in [6, 6.07) is 18.1. The van der Waals surface area contributed by atoms with Gasteiger partial charge in [0.25, 0.3) is 5.91 Å². The Bertz CT molecular complexity index is 868. The molecule has 0 spiro atoms. The van der Waals surface area contributed by atoms with Crippen molar-refractivity contribution in [3.8, 4) is 11.5 Å². The standard InChI is InChI=1S/C19H18N2O4/c1-24-18-13-17(20-16-10-6-5-9-15(16)18)19(22)21(23)11-12-25-14-7-3-2-4-8-14/h2-10,13,23H,11-12H2,1H3. The van der Waals surface area contributed by atoms with E-state index in [4.69, 9.17) is 9.47 Å². The molecule has 6 nitrogen and oxygen atoms in total. The topological polar surface area (TPSA) is 71.9 Å². The molecule has 128 valence electrons. The lowest BCUT2D eigenvalue weighted by Gasteiger charge is -2.16. The highest BCUT2D eigenvalue weighted by atomic mass is 16.5. The minimum atomic E-state index is -0.610. The van der Waals surface area contributed by atoms with Gasteiger partial charge in [0.2, 0.25) is 0 Å². The predicted molar refractivity (Wildman–Crippen MR) is 93.1 cm³/mol. The van der Waals surface area contributed by atoms with Gasteiger partial charge in [0.1, 0.15) is 23.8 Å². The molecule has 1 N–H and O–H groups in total. The fourth-order valence-corrected chi connectivity index (χ4v) is 2.42. The molecule has 6 heteroatoms. The number of ether oxygens (including phenoxy) is 2. The summed E-state index contributed by atoms with van der Waals surface area (Å²) in [5.74, 6) is 0.595. The van der Waals surface area contributed by atoms with Crippen molar-refractivity contribution in [1.29, 1.82) is 0 Å². The number of rotatable bonds is 6. The van der Waals surface area contributed by atoms with E-state index in [1.807, 2.05) is 36.4 Å². The first kappa shape index (κ1) is 16.7. The lowest BCUT2D eigenvalue weighted by Crippen LogP contribution is -2.32. The van der Waals surface area contributed by atoms with Crippen molar-refractivity contribution < 1.29 is 19.5 Å². The number of hydroxylamine groups is 2. The number of para-hydroxylation sites is 2. The van der Waals surface area contributed by atoms with Gasteiger partial charge in [0.15, 0.2) is 0 Å². The van der Waals surface area contributed by atoms with E-state index in [2.05, 4.69) is 4.98 Å². The number of hydrogen-bond donors (Lipinski definition) is 1. The van der Waals surface area contributed by atoms with Crippen LogP contribution in [0.15, 0.2) is 60.7 Å². The average Bonchev–Trinajstić information content (AvgIpc) is 2.67. The number of hydrogen-bond acceptors (Lipinski definition) is 5. The summed E-state index contributed by atoms with van der Waals surface area (Å²) < 4.78 is 10.8. The Kier molecular flexibility index (Phi) is 5.11. The number of amides is 1. The molecule has 1 amide bonds. The predicted octanol–water partition coefficient (Wildman–Crippen LogP) is 3.15. The number of fused-ring (bicyclic) bond motifs is 1. The largest absolute Gasteiger partial charge is 0.496 e. The number of aromatic nitrogens is 1. The molecule has 0 radical (unpaired) electrons. The Morgan fingerprint density at radius 1 is 1.12 bits per heavy atom. The third-order valence-corrected chi connectivity index (χ3v) is 3.67. The molecule has 25 heavy (non-hydrogen) atoms. The molecule has 1 aromatic heterocycles. The highest BCUT2D eigenvalue weighted by Crippen LogP contribution is 2.25. The molecule has 0 saturated heterocycles. The number of nitrogens with zero attached hydrogens (tertiary/aromatic N) is 2. The smallest absolute Gasteiger partial charge is 0.296 e. The first-order valence-corrected chi connectivity index (χ1v) is 7.81. The summed E-state index contributed by atoms with van der Waals surface area (Å²) >= 11 is 0. The van der Waals surface area contributed by atoms with Crippen LogP contribution in [0.5, 0.6) is 11.5 Å². The van der Waals surface area contributed by atoms with Gasteiger partial charge in [-0.15, -0.1) is 0 Å². The second-order valence-corrected chi connectivity index (χ2v) is 5.32. The number of pyridine rings is 1. The van der Waals surface area contributed by atoms with E-state index in [-0.39, 0.29) is 18.8 Å². The molecule has 0 bridgehead atoms. The van der Waals surface area contributed by atoms with Crippen molar-refractivity contribution in [2.24, 2.45) is 0 Å². The van der Waals surface area contributed by atoms with Crippen molar-refractivity contribution in [2.45, 2.75) is 0 Å². The number of carbonyl (C=O) groups is 1. The zero-order valence-electron chi connectivity index (χ0n) is 13.8. The minimum absolute atomic E-state index is 0.0184. The van der Waals surface area contributed by atoms with Crippen LogP contribution in [0, 0.1) is 0 Å². The third-order valence-electron chi connectivity index (χ3n) is 3.67. The van der Waals surface area contributed by atoms with Gasteiger partial charge in [-0.2, -0.15) is 0 Å². The molecule has 0 atom stereocenters. The molecule has 0 fully saturated rings. The Balaban J connectivity index is 1.70. The summed E-state index contributed by atoms with van der Waals surface area (Å²) in [5, 5.41) is 11.4. The Morgan fingerprint density at radius 2 is 1.84 bits per heavy atom. The van der Waals surface area contributed by atoms with Crippen LogP contribution < -0.4 is 9.47 Å². The van der Waals surface area contributed by atoms with Gasteiger partial charge in [0, 0.05) is 11.5 Å². The van der Waals surface area contributed by atoms with Crippen LogP contribution in [0.4, 0.5) is 0 Å². The number of methoxy groups -OCH3 is 1. The van der Waals surface area contributed by atoms with Crippen molar-refractivity contribution in [2.75, 3.05) is 20.3 Å². The van der Waals surface area contributed by atoms with E-state index in [0.29, 0.717) is 22.1 Å². The van der Waals surface area contributed by atoms with E-state index in [1.54, 1.807) is 18.2 Å². The van der Waals surface area contributed by atoms with Crippen LogP contribution in [-0.4, -0.2) is 41.4 Å². The van der Waals surface area contributed by atoms with Gasteiger partial charge >= 0.3 is 0 Å². The molecule has 3 aromatic rings. The summed E-state index contributed by atoms with van der Waals surface area (Å²) in [6.07, 6.45) is 0. The van der Waals surface area contributed by atoms with E-state index in [0.717, 1.165) is 5.39 Å². The SMILES string of the molecule is COc1cc(C(=O)N(O)CCOc2ccccc2)nc2ccccc12. The summed E-state index contributed by atoms with van der Waals surface area (Å²) in [7, 11) is 1.53. The highest BCUT2D eigenvalue weighted by Gasteiger charge is 2.18. The van der Waals surface area contributed by atoms with Crippen molar-refractivity contribution in [3.63, 3.8) is 0 Å². The van der Waals surface area contributed by atoms with Crippen LogP contribution in [0.1, 0.15) is 10.5 Å². The van der Waals surface area contributed by atoms with Crippen molar-refractivity contribution in [1.82, 2.24) is 10.0 Å². The molecule has 1 heterocycles. The average molecular weight is 338 g/mol. The maximum atomic E-state index is 12.4.